The molecule has 2 heterocycles. The van der Waals surface area contributed by atoms with Crippen molar-refractivity contribution in [2.45, 2.75) is 12.5 Å². The molecule has 0 aliphatic carbocycles. The van der Waals surface area contributed by atoms with Crippen LogP contribution in [-0.4, -0.2) is 16.6 Å². The van der Waals surface area contributed by atoms with E-state index in [9.17, 15) is 5.11 Å². The summed E-state index contributed by atoms with van der Waals surface area (Å²) in [5.74, 6) is 0.242. The minimum Gasteiger partial charge on any atom is -0.508 e. The molecule has 1 aromatic heterocycles. The van der Waals surface area contributed by atoms with Crippen LogP contribution in [0.5, 0.6) is 5.75 Å². The van der Waals surface area contributed by atoms with Crippen LogP contribution in [0.25, 0.3) is 10.9 Å². The van der Waals surface area contributed by atoms with Crippen LogP contribution >= 0.6 is 23.2 Å². The molecule has 3 N–H and O–H groups in total. The van der Waals surface area contributed by atoms with Crippen LogP contribution in [0.4, 0.5) is 0 Å². The van der Waals surface area contributed by atoms with Crippen molar-refractivity contribution in [3.63, 3.8) is 0 Å². The average molecular weight is 333 g/mol. The Kier molecular flexibility index (Phi) is 3.30. The molecule has 3 nitrogen and oxygen atoms in total. The Morgan fingerprint density at radius 1 is 1.05 bits per heavy atom. The lowest BCUT2D eigenvalue weighted by atomic mass is 9.94. The van der Waals surface area contributed by atoms with Gasteiger partial charge in [0.15, 0.2) is 0 Å². The number of aromatic amines is 1. The number of aromatic nitrogens is 1. The molecule has 0 bridgehead atoms. The van der Waals surface area contributed by atoms with Crippen molar-refractivity contribution in [2.24, 2.45) is 0 Å². The summed E-state index contributed by atoms with van der Waals surface area (Å²) >= 11 is 12.2. The standard InChI is InChI=1S/C17H14Cl2N2O/c18-9-1-3-14-12(7-9)11-5-6-20-16(17(11)21-14)13-8-10(19)2-4-15(13)22/h1-4,7-8,16,20-22H,5-6H2. The van der Waals surface area contributed by atoms with E-state index in [2.05, 4.69) is 10.3 Å². The van der Waals surface area contributed by atoms with E-state index >= 15 is 0 Å². The first-order valence-electron chi connectivity index (χ1n) is 7.15. The van der Waals surface area contributed by atoms with Gasteiger partial charge < -0.3 is 15.4 Å². The monoisotopic (exact) mass is 332 g/mol. The quantitative estimate of drug-likeness (QED) is 0.618. The summed E-state index contributed by atoms with van der Waals surface area (Å²) in [7, 11) is 0. The third kappa shape index (κ3) is 2.17. The van der Waals surface area contributed by atoms with Crippen molar-refractivity contribution >= 4 is 34.1 Å². The van der Waals surface area contributed by atoms with Crippen LogP contribution in [0.15, 0.2) is 36.4 Å². The highest BCUT2D eigenvalue weighted by atomic mass is 35.5. The van der Waals surface area contributed by atoms with Crippen LogP contribution in [0.2, 0.25) is 10.0 Å². The minimum absolute atomic E-state index is 0.103. The largest absolute Gasteiger partial charge is 0.508 e. The lowest BCUT2D eigenvalue weighted by Gasteiger charge is -2.25. The van der Waals surface area contributed by atoms with Gasteiger partial charge in [-0.1, -0.05) is 23.2 Å². The Bertz CT molecular complexity index is 872. The lowest BCUT2D eigenvalue weighted by Crippen LogP contribution is -2.30. The van der Waals surface area contributed by atoms with E-state index in [0.717, 1.165) is 40.1 Å². The van der Waals surface area contributed by atoms with Crippen molar-refractivity contribution in [3.05, 3.63) is 63.3 Å². The van der Waals surface area contributed by atoms with E-state index in [1.807, 2.05) is 24.3 Å². The van der Waals surface area contributed by atoms with Crippen molar-refractivity contribution in [3.8, 4) is 5.75 Å². The van der Waals surface area contributed by atoms with Crippen molar-refractivity contribution < 1.29 is 5.11 Å². The third-order valence-corrected chi connectivity index (χ3v) is 4.68. The van der Waals surface area contributed by atoms with Crippen LogP contribution < -0.4 is 5.32 Å². The maximum Gasteiger partial charge on any atom is 0.120 e. The highest BCUT2D eigenvalue weighted by molar-refractivity contribution is 6.31. The van der Waals surface area contributed by atoms with E-state index in [4.69, 9.17) is 23.2 Å². The molecule has 3 aromatic rings. The summed E-state index contributed by atoms with van der Waals surface area (Å²) in [4.78, 5) is 3.46. The normalized spacial score (nSPS) is 17.6. The van der Waals surface area contributed by atoms with Gasteiger partial charge in [0.25, 0.3) is 0 Å². The van der Waals surface area contributed by atoms with Gasteiger partial charge in [-0.15, -0.1) is 0 Å². The molecule has 0 radical (unpaired) electrons. The van der Waals surface area contributed by atoms with Crippen LogP contribution in [-0.2, 0) is 6.42 Å². The van der Waals surface area contributed by atoms with E-state index in [1.165, 1.54) is 5.56 Å². The highest BCUT2D eigenvalue weighted by Gasteiger charge is 2.27. The van der Waals surface area contributed by atoms with E-state index in [0.29, 0.717) is 5.02 Å². The number of fused-ring (bicyclic) bond motifs is 3. The number of halogens is 2. The van der Waals surface area contributed by atoms with E-state index in [-0.39, 0.29) is 11.8 Å². The second kappa shape index (κ2) is 5.20. The number of H-pyrrole nitrogens is 1. The van der Waals surface area contributed by atoms with Crippen molar-refractivity contribution in [1.29, 1.82) is 0 Å². The Morgan fingerprint density at radius 3 is 2.68 bits per heavy atom. The highest BCUT2D eigenvalue weighted by Crippen LogP contribution is 2.38. The fourth-order valence-corrected chi connectivity index (χ4v) is 3.57. The first-order chi connectivity index (χ1) is 10.6. The zero-order valence-electron chi connectivity index (χ0n) is 11.7. The molecule has 1 aliphatic rings. The topological polar surface area (TPSA) is 48.0 Å². The maximum absolute atomic E-state index is 10.2. The minimum atomic E-state index is -0.103. The summed E-state index contributed by atoms with van der Waals surface area (Å²) in [5, 5.41) is 16.1. The first kappa shape index (κ1) is 13.9. The number of nitrogens with one attached hydrogen (secondary N) is 2. The van der Waals surface area contributed by atoms with Crippen LogP contribution in [0.1, 0.15) is 22.9 Å². The number of hydrogen-bond acceptors (Lipinski definition) is 2. The molecule has 2 aromatic carbocycles. The first-order valence-corrected chi connectivity index (χ1v) is 7.91. The summed E-state index contributed by atoms with van der Waals surface area (Å²) in [6.07, 6.45) is 0.924. The summed E-state index contributed by atoms with van der Waals surface area (Å²) in [6.45, 7) is 0.836. The molecule has 1 unspecified atom stereocenters. The van der Waals surface area contributed by atoms with Gasteiger partial charge in [0.05, 0.1) is 6.04 Å². The maximum atomic E-state index is 10.2. The van der Waals surface area contributed by atoms with Crippen molar-refractivity contribution in [2.75, 3.05) is 6.54 Å². The van der Waals surface area contributed by atoms with Crippen molar-refractivity contribution in [1.82, 2.24) is 10.3 Å². The van der Waals surface area contributed by atoms with Gasteiger partial charge in [-0.05, 0) is 48.4 Å². The fourth-order valence-electron chi connectivity index (χ4n) is 3.22. The zero-order valence-corrected chi connectivity index (χ0v) is 13.2. The molecule has 5 heteroatoms. The van der Waals surface area contributed by atoms with E-state index < -0.39 is 0 Å². The van der Waals surface area contributed by atoms with Gasteiger partial charge in [-0.3, -0.25) is 0 Å². The lowest BCUT2D eigenvalue weighted by molar-refractivity contribution is 0.452. The Hall–Kier alpha value is -1.68. The smallest absolute Gasteiger partial charge is 0.120 e. The molecule has 112 valence electrons. The van der Waals surface area contributed by atoms with Gasteiger partial charge in [-0.25, -0.2) is 0 Å². The molecule has 0 saturated carbocycles. The average Bonchev–Trinajstić information content (AvgIpc) is 2.88. The number of benzene rings is 2. The molecule has 0 fully saturated rings. The van der Waals surface area contributed by atoms with Gasteiger partial charge >= 0.3 is 0 Å². The fraction of sp³-hybridized carbons (Fsp3) is 0.176. The summed E-state index contributed by atoms with van der Waals surface area (Å²) in [6, 6.07) is 10.9. The van der Waals surface area contributed by atoms with Gasteiger partial charge in [0.2, 0.25) is 0 Å². The molecule has 1 atom stereocenters. The van der Waals surface area contributed by atoms with Gasteiger partial charge in [0, 0.05) is 38.8 Å². The Labute approximate surface area is 137 Å². The summed E-state index contributed by atoms with van der Waals surface area (Å²) < 4.78 is 0. The SMILES string of the molecule is Oc1ccc(Cl)cc1C1NCCc2c1[nH]c1ccc(Cl)cc21. The predicted molar refractivity (Wildman–Crippen MR) is 90.0 cm³/mol. The van der Waals surface area contributed by atoms with Gasteiger partial charge in [0.1, 0.15) is 5.75 Å². The Balaban J connectivity index is 1.92. The molecular formula is C17H14Cl2N2O. The molecular weight excluding hydrogens is 319 g/mol. The van der Waals surface area contributed by atoms with E-state index in [1.54, 1.807) is 12.1 Å². The molecule has 1 aliphatic heterocycles. The predicted octanol–water partition coefficient (Wildman–Crippen LogP) is 4.42. The second-order valence-corrected chi connectivity index (χ2v) is 6.42. The molecule has 0 amide bonds. The molecule has 0 spiro atoms. The third-order valence-electron chi connectivity index (χ3n) is 4.21. The van der Waals surface area contributed by atoms with Crippen LogP contribution in [0, 0.1) is 0 Å². The number of phenols is 1. The summed E-state index contributed by atoms with van der Waals surface area (Å²) in [5.41, 5.74) is 4.16. The second-order valence-electron chi connectivity index (χ2n) is 5.55. The number of aromatic hydroxyl groups is 1. The number of hydrogen-bond donors (Lipinski definition) is 3. The Morgan fingerprint density at radius 2 is 1.82 bits per heavy atom. The molecule has 0 saturated heterocycles. The number of phenolic OH excluding ortho intramolecular Hbond substituents is 1. The zero-order chi connectivity index (χ0) is 15.3. The van der Waals surface area contributed by atoms with Gasteiger partial charge in [-0.2, -0.15) is 0 Å². The van der Waals surface area contributed by atoms with Crippen LogP contribution in [0.3, 0.4) is 0 Å². The number of rotatable bonds is 1. The molecule has 4 rings (SSSR count). The molecule has 22 heavy (non-hydrogen) atoms.